The minimum absolute atomic E-state index is 0.0355. The third kappa shape index (κ3) is 5.84. The van der Waals surface area contributed by atoms with Crippen molar-refractivity contribution in [2.24, 2.45) is 5.92 Å². The van der Waals surface area contributed by atoms with Gasteiger partial charge in [-0.05, 0) is 43.9 Å². The van der Waals surface area contributed by atoms with Gasteiger partial charge in [-0.25, -0.2) is 0 Å². The lowest BCUT2D eigenvalue weighted by Gasteiger charge is -2.29. The maximum Gasteiger partial charge on any atom is 0.416 e. The number of aryl methyl sites for hydroxylation is 1. The van der Waals surface area contributed by atoms with Crippen LogP contribution in [0.4, 0.5) is 25.1 Å². The summed E-state index contributed by atoms with van der Waals surface area (Å²) < 4.78 is 40.0. The van der Waals surface area contributed by atoms with Gasteiger partial charge in [-0.1, -0.05) is 12.5 Å². The molecule has 8 nitrogen and oxygen atoms in total. The van der Waals surface area contributed by atoms with Crippen molar-refractivity contribution >= 4 is 17.8 Å². The monoisotopic (exact) mass is 447 g/mol. The molecule has 1 amide bonds. The van der Waals surface area contributed by atoms with Crippen molar-refractivity contribution in [3.8, 4) is 6.07 Å². The van der Waals surface area contributed by atoms with Crippen LogP contribution in [0.3, 0.4) is 0 Å². The van der Waals surface area contributed by atoms with Crippen molar-refractivity contribution in [2.75, 3.05) is 17.7 Å². The summed E-state index contributed by atoms with van der Waals surface area (Å²) in [7, 11) is 1.71. The Balaban J connectivity index is 1.63. The largest absolute Gasteiger partial charge is 0.416 e. The minimum Gasteiger partial charge on any atom is -0.357 e. The normalized spacial score (nSPS) is 18.5. The molecule has 11 heteroatoms. The first-order valence-electron chi connectivity index (χ1n) is 10.2. The molecule has 1 aliphatic rings. The maximum atomic E-state index is 13.3. The zero-order valence-corrected chi connectivity index (χ0v) is 17.8. The molecule has 0 spiro atoms. The number of benzene rings is 1. The lowest BCUT2D eigenvalue weighted by Crippen LogP contribution is -2.37. The molecule has 1 aliphatic carbocycles. The highest BCUT2D eigenvalue weighted by Gasteiger charge is 2.34. The first kappa shape index (κ1) is 23.2. The molecule has 170 valence electrons. The third-order valence-corrected chi connectivity index (χ3v) is 5.35. The number of halogens is 3. The summed E-state index contributed by atoms with van der Waals surface area (Å²) in [5.41, 5.74) is -1.07. The van der Waals surface area contributed by atoms with Crippen molar-refractivity contribution < 1.29 is 18.0 Å². The second-order valence-electron chi connectivity index (χ2n) is 7.68. The van der Waals surface area contributed by atoms with Gasteiger partial charge in [0.25, 0.3) is 0 Å². The van der Waals surface area contributed by atoms with Gasteiger partial charge in [-0.3, -0.25) is 4.79 Å². The number of alkyl halides is 3. The van der Waals surface area contributed by atoms with E-state index in [2.05, 4.69) is 30.9 Å². The van der Waals surface area contributed by atoms with Crippen LogP contribution < -0.4 is 16.0 Å². The summed E-state index contributed by atoms with van der Waals surface area (Å²) in [6.45, 7) is 1.50. The molecule has 2 atom stereocenters. The molecule has 3 rings (SSSR count). The molecular weight excluding hydrogens is 423 g/mol. The van der Waals surface area contributed by atoms with Gasteiger partial charge in [-0.2, -0.15) is 33.4 Å². The Labute approximate surface area is 183 Å². The van der Waals surface area contributed by atoms with E-state index in [0.29, 0.717) is 30.6 Å². The van der Waals surface area contributed by atoms with Gasteiger partial charge in [0.15, 0.2) is 0 Å². The second kappa shape index (κ2) is 9.80. The van der Waals surface area contributed by atoms with E-state index in [9.17, 15) is 18.0 Å². The minimum atomic E-state index is -4.61. The fourth-order valence-corrected chi connectivity index (χ4v) is 3.79. The summed E-state index contributed by atoms with van der Waals surface area (Å²) in [5.74, 6) is 0.783. The number of nitriles is 1. The van der Waals surface area contributed by atoms with Gasteiger partial charge >= 0.3 is 6.18 Å². The third-order valence-electron chi connectivity index (χ3n) is 5.35. The lowest BCUT2D eigenvalue weighted by atomic mass is 9.85. The summed E-state index contributed by atoms with van der Waals surface area (Å²) in [6.07, 6.45) is -1.81. The first-order chi connectivity index (χ1) is 15.2. The van der Waals surface area contributed by atoms with Gasteiger partial charge in [0.2, 0.25) is 17.8 Å². The van der Waals surface area contributed by atoms with Gasteiger partial charge in [0, 0.05) is 25.6 Å². The molecule has 1 aromatic carbocycles. The highest BCUT2D eigenvalue weighted by atomic mass is 19.4. The zero-order valence-electron chi connectivity index (χ0n) is 17.8. The van der Waals surface area contributed by atoms with Gasteiger partial charge in [-0.15, -0.1) is 0 Å². The topological polar surface area (TPSA) is 116 Å². The van der Waals surface area contributed by atoms with Crippen LogP contribution in [0.5, 0.6) is 0 Å². The molecule has 1 aromatic heterocycles. The van der Waals surface area contributed by atoms with E-state index < -0.39 is 11.7 Å². The molecule has 3 N–H and O–H groups in total. The standard InChI is InChI=1S/C21H24F3N7O/c1-12-28-19(26-2)31-20(29-12)30-16-5-3-4-14(9-16)18(32)27-11-15-7-6-13(10-25)8-17(15)21(22,23)24/h6-8,14,16H,3-5,9,11H2,1-2H3,(H,27,32)(H2,26,28,29,30,31)/t14-,16+/m0/s1. The molecule has 1 heterocycles. The van der Waals surface area contributed by atoms with Gasteiger partial charge in [0.05, 0.1) is 17.2 Å². The average Bonchev–Trinajstić information content (AvgIpc) is 2.76. The molecule has 0 bridgehead atoms. The summed E-state index contributed by atoms with van der Waals surface area (Å²) >= 11 is 0. The number of carbonyl (C=O) groups excluding carboxylic acids is 1. The van der Waals surface area contributed by atoms with Crippen molar-refractivity contribution in [2.45, 2.75) is 51.4 Å². The first-order valence-corrected chi connectivity index (χ1v) is 10.2. The summed E-state index contributed by atoms with van der Waals surface area (Å²) in [5, 5.41) is 17.6. The quantitative estimate of drug-likeness (QED) is 0.622. The summed E-state index contributed by atoms with van der Waals surface area (Å²) in [4.78, 5) is 25.4. The van der Waals surface area contributed by atoms with E-state index in [1.54, 1.807) is 20.0 Å². The van der Waals surface area contributed by atoms with E-state index in [0.717, 1.165) is 18.9 Å². The van der Waals surface area contributed by atoms with Crippen molar-refractivity contribution in [1.82, 2.24) is 20.3 Å². The van der Waals surface area contributed by atoms with Crippen LogP contribution in [0.25, 0.3) is 0 Å². The Kier molecular flexibility index (Phi) is 7.12. The number of rotatable bonds is 6. The molecule has 2 aromatic rings. The molecular formula is C21H24F3N7O. The highest BCUT2D eigenvalue weighted by Crippen LogP contribution is 2.33. The molecule has 1 fully saturated rings. The van der Waals surface area contributed by atoms with E-state index >= 15 is 0 Å². The van der Waals surface area contributed by atoms with Gasteiger partial charge < -0.3 is 16.0 Å². The maximum absolute atomic E-state index is 13.3. The lowest BCUT2D eigenvalue weighted by molar-refractivity contribution is -0.138. The highest BCUT2D eigenvalue weighted by molar-refractivity contribution is 5.78. The van der Waals surface area contributed by atoms with Crippen LogP contribution in [0.15, 0.2) is 18.2 Å². The fraction of sp³-hybridized carbons (Fsp3) is 0.476. The Morgan fingerprint density at radius 3 is 2.66 bits per heavy atom. The number of nitrogens with one attached hydrogen (secondary N) is 3. The molecule has 32 heavy (non-hydrogen) atoms. The smallest absolute Gasteiger partial charge is 0.357 e. The Morgan fingerprint density at radius 2 is 1.97 bits per heavy atom. The van der Waals surface area contributed by atoms with E-state index in [1.807, 2.05) is 0 Å². The van der Waals surface area contributed by atoms with Crippen LogP contribution in [-0.2, 0) is 17.5 Å². The number of hydrogen-bond donors (Lipinski definition) is 3. The SMILES string of the molecule is CNc1nc(C)nc(N[C@@H]2CCC[C@H](C(=O)NCc3ccc(C#N)cc3C(F)(F)F)C2)n1. The van der Waals surface area contributed by atoms with Crippen LogP contribution in [0.2, 0.25) is 0 Å². The average molecular weight is 447 g/mol. The molecule has 1 saturated carbocycles. The van der Waals surface area contributed by atoms with Crippen LogP contribution >= 0.6 is 0 Å². The summed E-state index contributed by atoms with van der Waals surface area (Å²) in [6, 6.07) is 5.02. The number of hydrogen-bond acceptors (Lipinski definition) is 7. The van der Waals surface area contributed by atoms with Crippen LogP contribution in [0, 0.1) is 24.2 Å². The fourth-order valence-electron chi connectivity index (χ4n) is 3.79. The van der Waals surface area contributed by atoms with Crippen LogP contribution in [-0.4, -0.2) is 33.9 Å². The number of aromatic nitrogens is 3. The van der Waals surface area contributed by atoms with E-state index in [-0.39, 0.29) is 35.5 Å². The molecule has 0 unspecified atom stereocenters. The predicted octanol–water partition coefficient (Wildman–Crippen LogP) is 3.40. The second-order valence-corrected chi connectivity index (χ2v) is 7.68. The molecule has 0 aliphatic heterocycles. The number of anilines is 2. The van der Waals surface area contributed by atoms with Gasteiger partial charge in [0.1, 0.15) is 5.82 Å². The Hall–Kier alpha value is -3.42. The van der Waals surface area contributed by atoms with Crippen molar-refractivity contribution in [3.05, 3.63) is 40.7 Å². The Morgan fingerprint density at radius 1 is 1.22 bits per heavy atom. The number of carbonyl (C=O) groups is 1. The van der Waals surface area contributed by atoms with Crippen LogP contribution in [0.1, 0.15) is 48.2 Å². The zero-order chi connectivity index (χ0) is 23.3. The van der Waals surface area contributed by atoms with E-state index in [4.69, 9.17) is 5.26 Å². The predicted molar refractivity (Wildman–Crippen MR) is 111 cm³/mol. The van der Waals surface area contributed by atoms with Crippen molar-refractivity contribution in [1.29, 1.82) is 5.26 Å². The van der Waals surface area contributed by atoms with E-state index in [1.165, 1.54) is 12.1 Å². The number of nitrogens with zero attached hydrogens (tertiary/aromatic N) is 4. The Bertz CT molecular complexity index is 1020. The molecule has 0 radical (unpaired) electrons. The number of amides is 1. The molecule has 0 saturated heterocycles. The van der Waals surface area contributed by atoms with Crippen molar-refractivity contribution in [3.63, 3.8) is 0 Å².